The summed E-state index contributed by atoms with van der Waals surface area (Å²) in [5, 5.41) is -0.885. The van der Waals surface area contributed by atoms with Gasteiger partial charge in [0.15, 0.2) is 0 Å². The van der Waals surface area contributed by atoms with Gasteiger partial charge in [-0.15, -0.1) is 0 Å². The molecule has 0 N–H and O–H groups in total. The molecule has 0 aliphatic carbocycles. The number of benzene rings is 4. The van der Waals surface area contributed by atoms with Gasteiger partial charge in [0.2, 0.25) is 0 Å². The molecule has 0 amide bonds. The number of aromatic nitrogens is 8. The molecule has 9 rings (SSSR count). The molecule has 8 bridgehead atoms. The second kappa shape index (κ2) is 12.9. The van der Waals surface area contributed by atoms with Crippen LogP contribution in [0.25, 0.3) is 89.7 Å². The van der Waals surface area contributed by atoms with Crippen molar-refractivity contribution in [1.29, 1.82) is 0 Å². The summed E-state index contributed by atoms with van der Waals surface area (Å²) in [6.07, 6.45) is 0. The standard InChI is InChI=1S/C36H13Cl4N8O4.Ni/c37-25(49)13-1-5-17-21(9-13)33-42-29(17)41-30-18-6-2-14(26(38)50)10-22(18)34(43-30)45-32-20-8-4-16(28(40)52)12-24(20)36(47-32)48-35-23-11-15(27(39)51)3-7-19(23)31(44-33)46-35;/h1-12H,(H-,41,42,43,44,45,46,47,48,49,50,51,52);/q-1;+2/p-1. The van der Waals surface area contributed by atoms with Gasteiger partial charge in [-0.3, -0.25) is 19.2 Å². The summed E-state index contributed by atoms with van der Waals surface area (Å²) in [7, 11) is 0. The van der Waals surface area contributed by atoms with Gasteiger partial charge in [-0.25, -0.2) is 9.97 Å². The van der Waals surface area contributed by atoms with Crippen LogP contribution in [0.15, 0.2) is 72.8 Å². The van der Waals surface area contributed by atoms with Gasteiger partial charge >= 0.3 is 16.5 Å². The molecule has 53 heavy (non-hydrogen) atoms. The summed E-state index contributed by atoms with van der Waals surface area (Å²) < 4.78 is 0. The molecule has 0 fully saturated rings. The van der Waals surface area contributed by atoms with Gasteiger partial charge in [0, 0.05) is 67.1 Å². The van der Waals surface area contributed by atoms with Gasteiger partial charge in [-0.1, -0.05) is 24.3 Å². The van der Waals surface area contributed by atoms with E-state index in [-0.39, 0.29) is 84.6 Å². The van der Waals surface area contributed by atoms with E-state index in [1.165, 1.54) is 24.3 Å². The van der Waals surface area contributed by atoms with Crippen LogP contribution in [0.3, 0.4) is 0 Å². The van der Waals surface area contributed by atoms with Crippen LogP contribution in [0, 0.1) is 0 Å². The van der Waals surface area contributed by atoms with Crippen molar-refractivity contribution in [2.24, 2.45) is 0 Å². The van der Waals surface area contributed by atoms with Gasteiger partial charge in [-0.05, 0) is 116 Å². The molecule has 12 nitrogen and oxygen atoms in total. The topological polar surface area (TPSA) is 174 Å². The van der Waals surface area contributed by atoms with Crippen molar-refractivity contribution >= 4 is 112 Å². The van der Waals surface area contributed by atoms with Crippen molar-refractivity contribution in [2.75, 3.05) is 0 Å². The largest absolute Gasteiger partial charge is 2.00 e. The summed E-state index contributed by atoms with van der Waals surface area (Å²) in [5.74, 6) is 0.671. The van der Waals surface area contributed by atoms with E-state index < -0.39 is 21.0 Å². The monoisotopic (exact) mass is 818 g/mol. The van der Waals surface area contributed by atoms with Gasteiger partial charge in [-0.2, -0.15) is 0 Å². The third-order valence-corrected chi connectivity index (χ3v) is 9.48. The fraction of sp³-hybridized carbons (Fsp3) is 0. The Hall–Kier alpha value is -5.43. The molecule has 5 heterocycles. The minimum absolute atomic E-state index is 0. The maximum absolute atomic E-state index is 12.2. The van der Waals surface area contributed by atoms with Crippen LogP contribution < -0.4 is 9.97 Å². The molecule has 258 valence electrons. The van der Waals surface area contributed by atoms with E-state index >= 15 is 0 Å². The fourth-order valence-electron chi connectivity index (χ4n) is 6.15. The van der Waals surface area contributed by atoms with Crippen LogP contribution in [0.5, 0.6) is 0 Å². The van der Waals surface area contributed by atoms with Crippen LogP contribution >= 0.6 is 46.4 Å². The molecule has 2 aliphatic rings. The smallest absolute Gasteiger partial charge is 0.357 e. The summed E-state index contributed by atoms with van der Waals surface area (Å²) in [5.41, 5.74) is 3.33. The first-order valence-corrected chi connectivity index (χ1v) is 16.6. The van der Waals surface area contributed by atoms with Crippen molar-refractivity contribution in [3.05, 3.63) is 95.1 Å². The third-order valence-electron chi connectivity index (χ3n) is 8.61. The molecule has 7 aromatic rings. The number of fused-ring (bicyclic) bond motifs is 20. The van der Waals surface area contributed by atoms with Gasteiger partial charge in [0.05, 0.1) is 23.3 Å². The molecule has 0 saturated heterocycles. The second-order valence-corrected chi connectivity index (χ2v) is 13.0. The Bertz CT molecular complexity index is 3020. The van der Waals surface area contributed by atoms with E-state index in [0.29, 0.717) is 43.8 Å². The molecule has 0 spiro atoms. The molecule has 0 saturated carbocycles. The first-order chi connectivity index (χ1) is 25.0. The third kappa shape index (κ3) is 5.78. The number of hydrogen-bond acceptors (Lipinski definition) is 10. The first kappa shape index (κ1) is 34.6. The van der Waals surface area contributed by atoms with E-state index in [2.05, 4.69) is 0 Å². The molecule has 2 aliphatic heterocycles. The predicted octanol–water partition coefficient (Wildman–Crippen LogP) is 7.64. The molecule has 3 aromatic heterocycles. The van der Waals surface area contributed by atoms with Crippen LogP contribution in [0.1, 0.15) is 41.4 Å². The van der Waals surface area contributed by atoms with Crippen molar-refractivity contribution in [2.45, 2.75) is 0 Å². The van der Waals surface area contributed by atoms with Crippen molar-refractivity contribution in [3.63, 3.8) is 0 Å². The Kier molecular flexibility index (Phi) is 8.44. The summed E-state index contributed by atoms with van der Waals surface area (Å²) in [6, 6.07) is 18.9. The molecule has 4 aromatic carbocycles. The van der Waals surface area contributed by atoms with Crippen molar-refractivity contribution in [3.8, 4) is 45.6 Å². The maximum atomic E-state index is 12.2. The van der Waals surface area contributed by atoms with Crippen molar-refractivity contribution < 1.29 is 35.7 Å². The molecular weight excluding hydrogens is 809 g/mol. The Morgan fingerprint density at radius 1 is 0.377 bits per heavy atom. The Morgan fingerprint density at radius 3 is 1.04 bits per heavy atom. The minimum atomic E-state index is -0.699. The van der Waals surface area contributed by atoms with E-state index in [1.54, 1.807) is 48.5 Å². The fourth-order valence-corrected chi connectivity index (χ4v) is 6.62. The number of carbonyl (C=O) groups is 4. The number of nitrogens with zero attached hydrogens (tertiary/aromatic N) is 8. The first-order valence-electron chi connectivity index (χ1n) is 15.1. The summed E-state index contributed by atoms with van der Waals surface area (Å²) >= 11 is 23.4. The van der Waals surface area contributed by atoms with Gasteiger partial charge in [0.1, 0.15) is 0 Å². The van der Waals surface area contributed by atoms with Gasteiger partial charge in [0.25, 0.3) is 21.0 Å². The van der Waals surface area contributed by atoms with Crippen LogP contribution in [-0.4, -0.2) is 50.9 Å². The normalized spacial score (nSPS) is 11.5. The van der Waals surface area contributed by atoms with Crippen LogP contribution in [0.4, 0.5) is 0 Å². The maximum Gasteiger partial charge on any atom is 2.00 e. The quantitative estimate of drug-likeness (QED) is 0.126. The molecule has 17 heteroatoms. The van der Waals surface area contributed by atoms with E-state index in [4.69, 9.17) is 86.3 Å². The Labute approximate surface area is 325 Å². The average Bonchev–Trinajstić information content (AvgIpc) is 3.85. The molecule has 0 unspecified atom stereocenters. The minimum Gasteiger partial charge on any atom is -0.357 e. The SMILES string of the molecule is O=C(Cl)c1ccc2c(c1)-c1nc-2nc2[n-]c(nc3nc(nc4[n-]c(n1)c1ccc(C(=O)Cl)cc41)-c1cc(C(=O)Cl)ccc1-3)c1cc(C(=O)Cl)ccc21.[Ni+2]. The summed E-state index contributed by atoms with van der Waals surface area (Å²) in [4.78, 5) is 87.0. The number of carbonyl (C=O) groups excluding carboxylic acids is 4. The van der Waals surface area contributed by atoms with Crippen LogP contribution in [0.2, 0.25) is 0 Å². The number of halogens is 4. The zero-order valence-corrected chi connectivity index (χ0v) is 30.0. The summed E-state index contributed by atoms with van der Waals surface area (Å²) in [6.45, 7) is 0. The predicted molar refractivity (Wildman–Crippen MR) is 195 cm³/mol. The zero-order valence-electron chi connectivity index (χ0n) is 26.0. The number of rotatable bonds is 4. The van der Waals surface area contributed by atoms with E-state index in [0.717, 1.165) is 0 Å². The molecule has 0 radical (unpaired) electrons. The molecular formula is C36H12Cl4N8NiO4. The van der Waals surface area contributed by atoms with E-state index in [9.17, 15) is 19.2 Å². The van der Waals surface area contributed by atoms with Crippen LogP contribution in [-0.2, 0) is 16.5 Å². The van der Waals surface area contributed by atoms with E-state index in [1.807, 2.05) is 0 Å². The Morgan fingerprint density at radius 2 is 0.679 bits per heavy atom. The van der Waals surface area contributed by atoms with Crippen molar-refractivity contribution in [1.82, 2.24) is 39.9 Å². The second-order valence-electron chi connectivity index (χ2n) is 11.6. The Balaban J connectivity index is 0.00000400. The average molecular weight is 821 g/mol. The van der Waals surface area contributed by atoms with Gasteiger partial charge < -0.3 is 29.9 Å². The molecule has 0 atom stereocenters. The zero-order chi connectivity index (χ0) is 36.0. The number of hydrogen-bond donors (Lipinski definition) is 0.